The first-order valence-electron chi connectivity index (χ1n) is 12.2. The van der Waals surface area contributed by atoms with E-state index < -0.39 is 0 Å². The topological polar surface area (TPSA) is 23.8 Å². The van der Waals surface area contributed by atoms with E-state index in [1.165, 1.54) is 60.1 Å². The SMILES string of the molecule is N#Cc1ccc(-c2cc3ccc(-c4ccccc4)c4ccc5c(-c6ccccc6)ccc2c5c34)cc1. The summed E-state index contributed by atoms with van der Waals surface area (Å²) in [5, 5.41) is 16.9. The molecule has 1 nitrogen and oxygen atoms in total. The van der Waals surface area contributed by atoms with E-state index in [4.69, 9.17) is 0 Å². The summed E-state index contributed by atoms with van der Waals surface area (Å²) < 4.78 is 0. The van der Waals surface area contributed by atoms with Gasteiger partial charge in [0.2, 0.25) is 0 Å². The molecule has 0 heterocycles. The van der Waals surface area contributed by atoms with E-state index in [0.29, 0.717) is 5.56 Å². The largest absolute Gasteiger partial charge is 0.192 e. The smallest absolute Gasteiger partial charge is 0.0991 e. The molecule has 1 heteroatoms. The lowest BCUT2D eigenvalue weighted by Gasteiger charge is -2.19. The molecule has 0 N–H and O–H groups in total. The van der Waals surface area contributed by atoms with E-state index >= 15 is 0 Å². The van der Waals surface area contributed by atoms with Gasteiger partial charge in [0.05, 0.1) is 11.6 Å². The van der Waals surface area contributed by atoms with Crippen LogP contribution in [0, 0.1) is 11.3 Å². The summed E-state index contributed by atoms with van der Waals surface area (Å²) in [5.41, 5.74) is 7.93. The van der Waals surface area contributed by atoms with Gasteiger partial charge >= 0.3 is 0 Å². The Morgan fingerprint density at radius 3 is 1.53 bits per heavy atom. The Morgan fingerprint density at radius 2 is 0.917 bits per heavy atom. The average molecular weight is 456 g/mol. The molecule has 0 saturated heterocycles. The summed E-state index contributed by atoms with van der Waals surface area (Å²) in [4.78, 5) is 0. The summed E-state index contributed by atoms with van der Waals surface area (Å²) in [6.45, 7) is 0. The summed E-state index contributed by atoms with van der Waals surface area (Å²) in [7, 11) is 0. The molecule has 166 valence electrons. The first-order chi connectivity index (χ1) is 17.8. The maximum Gasteiger partial charge on any atom is 0.0991 e. The Balaban J connectivity index is 1.62. The Hall–Kier alpha value is -4.93. The molecule has 7 aromatic rings. The number of rotatable bonds is 3. The molecule has 0 spiro atoms. The lowest BCUT2D eigenvalue weighted by Crippen LogP contribution is -1.92. The normalized spacial score (nSPS) is 11.3. The molecule has 0 fully saturated rings. The van der Waals surface area contributed by atoms with Crippen LogP contribution in [0.25, 0.3) is 65.7 Å². The summed E-state index contributed by atoms with van der Waals surface area (Å²) >= 11 is 0. The first kappa shape index (κ1) is 20.4. The number of nitrogens with zero attached hydrogens (tertiary/aromatic N) is 1. The van der Waals surface area contributed by atoms with Crippen molar-refractivity contribution in [3.63, 3.8) is 0 Å². The van der Waals surface area contributed by atoms with Gasteiger partial charge in [-0.1, -0.05) is 109 Å². The average Bonchev–Trinajstić information content (AvgIpc) is 2.96. The number of hydrogen-bond acceptors (Lipinski definition) is 1. The van der Waals surface area contributed by atoms with Crippen LogP contribution in [0.15, 0.2) is 127 Å². The van der Waals surface area contributed by atoms with Gasteiger partial charge in [0.25, 0.3) is 0 Å². The zero-order valence-electron chi connectivity index (χ0n) is 19.6. The molecule has 0 atom stereocenters. The predicted molar refractivity (Wildman–Crippen MR) is 151 cm³/mol. The van der Waals surface area contributed by atoms with Crippen molar-refractivity contribution in [3.8, 4) is 39.4 Å². The molecule has 7 rings (SSSR count). The first-order valence-corrected chi connectivity index (χ1v) is 12.2. The summed E-state index contributed by atoms with van der Waals surface area (Å²) in [5.74, 6) is 0. The van der Waals surface area contributed by atoms with E-state index in [-0.39, 0.29) is 0 Å². The van der Waals surface area contributed by atoms with Gasteiger partial charge in [-0.25, -0.2) is 0 Å². The highest BCUT2D eigenvalue weighted by Gasteiger charge is 2.18. The van der Waals surface area contributed by atoms with Crippen molar-refractivity contribution in [3.05, 3.63) is 133 Å². The van der Waals surface area contributed by atoms with Crippen molar-refractivity contribution in [2.75, 3.05) is 0 Å². The number of nitriles is 1. The number of benzene rings is 7. The van der Waals surface area contributed by atoms with Crippen LogP contribution in [0.2, 0.25) is 0 Å². The van der Waals surface area contributed by atoms with Gasteiger partial charge in [-0.15, -0.1) is 0 Å². The van der Waals surface area contributed by atoms with Gasteiger partial charge in [0.15, 0.2) is 0 Å². The highest BCUT2D eigenvalue weighted by atomic mass is 14.2. The van der Waals surface area contributed by atoms with Crippen molar-refractivity contribution in [1.82, 2.24) is 0 Å². The standard InChI is InChI=1S/C35H21N/c36-22-23-11-13-26(14-12-23)33-21-27-15-16-28(24-7-3-1-4-8-24)30-19-20-31-29(25-9-5-2-6-10-25)17-18-32(33)35(31)34(27)30/h1-21H. The molecule has 0 aromatic heterocycles. The fraction of sp³-hybridized carbons (Fsp3) is 0. The van der Waals surface area contributed by atoms with Crippen LogP contribution in [0.4, 0.5) is 0 Å². The second-order valence-corrected chi connectivity index (χ2v) is 9.25. The number of hydrogen-bond donors (Lipinski definition) is 0. The molecule has 7 aromatic carbocycles. The van der Waals surface area contributed by atoms with E-state index in [2.05, 4.69) is 121 Å². The van der Waals surface area contributed by atoms with Crippen LogP contribution < -0.4 is 0 Å². The van der Waals surface area contributed by atoms with Crippen LogP contribution in [0.5, 0.6) is 0 Å². The van der Waals surface area contributed by atoms with E-state index in [1.54, 1.807) is 0 Å². The van der Waals surface area contributed by atoms with Crippen molar-refractivity contribution in [2.45, 2.75) is 0 Å². The minimum Gasteiger partial charge on any atom is -0.192 e. The van der Waals surface area contributed by atoms with Gasteiger partial charge in [-0.3, -0.25) is 0 Å². The summed E-state index contributed by atoms with van der Waals surface area (Å²) in [6.07, 6.45) is 0. The maximum atomic E-state index is 9.29. The van der Waals surface area contributed by atoms with Gasteiger partial charge in [0, 0.05) is 0 Å². The molecule has 0 radical (unpaired) electrons. The zero-order chi connectivity index (χ0) is 24.1. The minimum atomic E-state index is 0.676. The summed E-state index contributed by atoms with van der Waals surface area (Å²) in [6, 6.07) is 47.3. The Morgan fingerprint density at radius 1 is 0.417 bits per heavy atom. The van der Waals surface area contributed by atoms with Gasteiger partial charge in [0.1, 0.15) is 0 Å². The molecule has 36 heavy (non-hydrogen) atoms. The molecular weight excluding hydrogens is 434 g/mol. The zero-order valence-corrected chi connectivity index (χ0v) is 19.6. The molecule has 0 saturated carbocycles. The van der Waals surface area contributed by atoms with Crippen LogP contribution in [0.1, 0.15) is 5.56 Å². The lowest BCUT2D eigenvalue weighted by atomic mass is 9.84. The fourth-order valence-electron chi connectivity index (χ4n) is 5.60. The van der Waals surface area contributed by atoms with Crippen LogP contribution in [-0.4, -0.2) is 0 Å². The van der Waals surface area contributed by atoms with Crippen LogP contribution in [-0.2, 0) is 0 Å². The second-order valence-electron chi connectivity index (χ2n) is 9.25. The van der Waals surface area contributed by atoms with Crippen LogP contribution in [0.3, 0.4) is 0 Å². The quantitative estimate of drug-likeness (QED) is 0.243. The van der Waals surface area contributed by atoms with Crippen molar-refractivity contribution < 1.29 is 0 Å². The molecule has 0 aliphatic carbocycles. The minimum absolute atomic E-state index is 0.676. The highest BCUT2D eigenvalue weighted by molar-refractivity contribution is 6.30. The molecule has 0 unspecified atom stereocenters. The Labute approximate surface area is 209 Å². The van der Waals surface area contributed by atoms with Gasteiger partial charge in [-0.2, -0.15) is 5.26 Å². The highest BCUT2D eigenvalue weighted by Crippen LogP contribution is 2.45. The van der Waals surface area contributed by atoms with Crippen LogP contribution >= 0.6 is 0 Å². The molecule has 0 aliphatic rings. The molecule has 0 amide bonds. The van der Waals surface area contributed by atoms with Gasteiger partial charge in [-0.05, 0) is 83.9 Å². The third-order valence-electron chi connectivity index (χ3n) is 7.27. The molecule has 0 aliphatic heterocycles. The maximum absolute atomic E-state index is 9.29. The second kappa shape index (κ2) is 8.08. The van der Waals surface area contributed by atoms with Crippen molar-refractivity contribution >= 4 is 32.3 Å². The molecular formula is C35H21N. The van der Waals surface area contributed by atoms with E-state index in [0.717, 1.165) is 5.56 Å². The fourth-order valence-corrected chi connectivity index (χ4v) is 5.60. The van der Waals surface area contributed by atoms with E-state index in [1.807, 2.05) is 12.1 Å². The monoisotopic (exact) mass is 455 g/mol. The molecule has 0 bridgehead atoms. The Kier molecular flexibility index (Phi) is 4.59. The van der Waals surface area contributed by atoms with Crippen molar-refractivity contribution in [2.24, 2.45) is 0 Å². The van der Waals surface area contributed by atoms with E-state index in [9.17, 15) is 5.26 Å². The lowest BCUT2D eigenvalue weighted by molar-refractivity contribution is 1.48. The third-order valence-corrected chi connectivity index (χ3v) is 7.27. The Bertz CT molecular complexity index is 1910. The van der Waals surface area contributed by atoms with Crippen molar-refractivity contribution in [1.29, 1.82) is 5.26 Å². The predicted octanol–water partition coefficient (Wildman–Crippen LogP) is 9.46. The van der Waals surface area contributed by atoms with Gasteiger partial charge < -0.3 is 0 Å². The third kappa shape index (κ3) is 3.09.